The number of aliphatic carboxylic acids is 1. The molecule has 13 heavy (non-hydrogen) atoms. The summed E-state index contributed by atoms with van der Waals surface area (Å²) in [5.41, 5.74) is 5.60. The second-order valence-corrected chi connectivity index (χ2v) is 3.73. The summed E-state index contributed by atoms with van der Waals surface area (Å²) < 4.78 is 0. The molecule has 4 nitrogen and oxygen atoms in total. The Kier molecular flexibility index (Phi) is 3.22. The molecule has 2 atom stereocenters. The summed E-state index contributed by atoms with van der Waals surface area (Å²) >= 11 is 5.07. The third-order valence-electron chi connectivity index (χ3n) is 2.21. The van der Waals surface area contributed by atoms with E-state index in [0.29, 0.717) is 11.4 Å². The molecule has 0 saturated carbocycles. The van der Waals surface area contributed by atoms with Crippen molar-refractivity contribution in [2.75, 3.05) is 6.54 Å². The Labute approximate surface area is 82.7 Å². The average Bonchev–Trinajstić information content (AvgIpc) is 2.50. The smallest absolute Gasteiger partial charge is 0.326 e. The molecule has 1 saturated heterocycles. The number of nitrogens with two attached hydrogens (primary N) is 1. The molecule has 0 spiro atoms. The van der Waals surface area contributed by atoms with Gasteiger partial charge in [0.1, 0.15) is 6.04 Å². The van der Waals surface area contributed by atoms with Gasteiger partial charge in [-0.05, 0) is 19.8 Å². The number of hydrogen-bond acceptors (Lipinski definition) is 3. The number of thiocarbonyl (C=S) groups is 1. The van der Waals surface area contributed by atoms with E-state index in [1.807, 2.05) is 0 Å². The second kappa shape index (κ2) is 4.02. The second-order valence-electron chi connectivity index (χ2n) is 3.32. The highest BCUT2D eigenvalue weighted by atomic mass is 32.1. The Bertz CT molecular complexity index is 230. The summed E-state index contributed by atoms with van der Waals surface area (Å²) in [7, 11) is 0. The van der Waals surface area contributed by atoms with Gasteiger partial charge in [0.05, 0.1) is 11.0 Å². The summed E-state index contributed by atoms with van der Waals surface area (Å²) in [6.07, 6.45) is 1.55. The number of carbonyl (C=O) groups is 1. The van der Waals surface area contributed by atoms with Gasteiger partial charge in [-0.15, -0.1) is 0 Å². The third kappa shape index (κ3) is 2.16. The van der Waals surface area contributed by atoms with Gasteiger partial charge in [0, 0.05) is 6.54 Å². The Hall–Kier alpha value is -0.680. The van der Waals surface area contributed by atoms with Crippen molar-refractivity contribution in [3.63, 3.8) is 0 Å². The zero-order valence-corrected chi connectivity index (χ0v) is 8.38. The highest BCUT2D eigenvalue weighted by Crippen LogP contribution is 2.18. The van der Waals surface area contributed by atoms with Crippen molar-refractivity contribution in [2.24, 2.45) is 5.73 Å². The van der Waals surface area contributed by atoms with Crippen LogP contribution in [0.1, 0.15) is 19.8 Å². The molecule has 0 bridgehead atoms. The zero-order valence-electron chi connectivity index (χ0n) is 7.56. The lowest BCUT2D eigenvalue weighted by Crippen LogP contribution is -2.46. The number of rotatable bonds is 2. The molecule has 1 aliphatic rings. The van der Waals surface area contributed by atoms with Gasteiger partial charge >= 0.3 is 5.97 Å². The van der Waals surface area contributed by atoms with Gasteiger partial charge in [-0.25, -0.2) is 4.79 Å². The molecule has 0 unspecified atom stereocenters. The Morgan fingerprint density at radius 2 is 2.38 bits per heavy atom. The van der Waals surface area contributed by atoms with Gasteiger partial charge in [0.25, 0.3) is 0 Å². The van der Waals surface area contributed by atoms with E-state index >= 15 is 0 Å². The number of carboxylic acid groups (broad SMARTS) is 1. The van der Waals surface area contributed by atoms with Crippen LogP contribution in [-0.4, -0.2) is 39.6 Å². The highest BCUT2D eigenvalue weighted by Gasteiger charge is 2.32. The van der Waals surface area contributed by atoms with Crippen LogP contribution in [0.25, 0.3) is 0 Å². The van der Waals surface area contributed by atoms with Crippen LogP contribution >= 0.6 is 12.2 Å². The lowest BCUT2D eigenvalue weighted by Gasteiger charge is -2.26. The first-order chi connectivity index (χ1) is 6.04. The van der Waals surface area contributed by atoms with E-state index in [1.54, 1.807) is 11.8 Å². The van der Waals surface area contributed by atoms with E-state index in [-0.39, 0.29) is 6.04 Å². The van der Waals surface area contributed by atoms with Crippen LogP contribution in [0, 0.1) is 0 Å². The van der Waals surface area contributed by atoms with Crippen LogP contribution in [-0.2, 0) is 4.79 Å². The minimum absolute atomic E-state index is 0.241. The number of hydrogen-bond donors (Lipinski definition) is 2. The summed E-state index contributed by atoms with van der Waals surface area (Å²) in [5.74, 6) is -0.805. The van der Waals surface area contributed by atoms with Gasteiger partial charge < -0.3 is 15.7 Å². The minimum Gasteiger partial charge on any atom is -0.480 e. The highest BCUT2D eigenvalue weighted by molar-refractivity contribution is 7.80. The number of nitrogens with zero attached hydrogens (tertiary/aromatic N) is 1. The Morgan fingerprint density at radius 1 is 1.77 bits per heavy atom. The SMILES string of the molecule is C[C@H](N)C(=S)N1CCC[C@H]1C(=O)O. The molecule has 0 amide bonds. The molecular formula is C8H14N2O2S. The van der Waals surface area contributed by atoms with Crippen molar-refractivity contribution in [1.29, 1.82) is 0 Å². The molecule has 0 aliphatic carbocycles. The van der Waals surface area contributed by atoms with E-state index < -0.39 is 12.0 Å². The molecule has 0 radical (unpaired) electrons. The maximum absolute atomic E-state index is 10.8. The zero-order chi connectivity index (χ0) is 10.0. The van der Waals surface area contributed by atoms with E-state index in [4.69, 9.17) is 23.1 Å². The van der Waals surface area contributed by atoms with Crippen LogP contribution in [0.15, 0.2) is 0 Å². The lowest BCUT2D eigenvalue weighted by atomic mass is 10.2. The lowest BCUT2D eigenvalue weighted by molar-refractivity contribution is -0.140. The Balaban J connectivity index is 2.68. The summed E-state index contributed by atoms with van der Waals surface area (Å²) in [5, 5.41) is 8.87. The Morgan fingerprint density at radius 3 is 2.85 bits per heavy atom. The van der Waals surface area contributed by atoms with Gasteiger partial charge in [-0.1, -0.05) is 12.2 Å². The minimum atomic E-state index is -0.805. The van der Waals surface area contributed by atoms with Crippen molar-refractivity contribution in [1.82, 2.24) is 4.90 Å². The van der Waals surface area contributed by atoms with Crippen molar-refractivity contribution in [3.05, 3.63) is 0 Å². The fraction of sp³-hybridized carbons (Fsp3) is 0.750. The third-order valence-corrected chi connectivity index (χ3v) is 2.82. The predicted octanol–water partition coefficient (Wildman–Crippen LogP) is 0.210. The molecular weight excluding hydrogens is 188 g/mol. The summed E-state index contributed by atoms with van der Waals surface area (Å²) in [4.78, 5) is 13.1. The van der Waals surface area contributed by atoms with Gasteiger partial charge in [-0.3, -0.25) is 0 Å². The molecule has 1 rings (SSSR count). The summed E-state index contributed by atoms with van der Waals surface area (Å²) in [6, 6.07) is -0.701. The number of likely N-dealkylation sites (tertiary alicyclic amines) is 1. The van der Waals surface area contributed by atoms with E-state index in [9.17, 15) is 4.79 Å². The van der Waals surface area contributed by atoms with Crippen molar-refractivity contribution in [3.8, 4) is 0 Å². The molecule has 3 N–H and O–H groups in total. The van der Waals surface area contributed by atoms with Crippen LogP contribution < -0.4 is 5.73 Å². The van der Waals surface area contributed by atoms with Crippen LogP contribution in [0.3, 0.4) is 0 Å². The quantitative estimate of drug-likeness (QED) is 0.627. The normalized spacial score (nSPS) is 24.5. The van der Waals surface area contributed by atoms with E-state index in [2.05, 4.69) is 0 Å². The van der Waals surface area contributed by atoms with Crippen LogP contribution in [0.2, 0.25) is 0 Å². The first kappa shape index (κ1) is 10.4. The molecule has 1 aliphatic heterocycles. The van der Waals surface area contributed by atoms with Gasteiger partial charge in [0.2, 0.25) is 0 Å². The standard InChI is InChI=1S/C8H14N2O2S/c1-5(9)7(13)10-4-2-3-6(10)8(11)12/h5-6H,2-4,9H2,1H3,(H,11,12)/t5-,6-/m0/s1. The van der Waals surface area contributed by atoms with Crippen molar-refractivity contribution in [2.45, 2.75) is 31.8 Å². The van der Waals surface area contributed by atoms with Crippen molar-refractivity contribution >= 4 is 23.2 Å². The number of carboxylic acids is 1. The molecule has 74 valence electrons. The largest absolute Gasteiger partial charge is 0.480 e. The van der Waals surface area contributed by atoms with E-state index in [0.717, 1.165) is 13.0 Å². The first-order valence-electron chi connectivity index (χ1n) is 4.33. The summed E-state index contributed by atoms with van der Waals surface area (Å²) in [6.45, 7) is 2.50. The molecule has 1 fully saturated rings. The van der Waals surface area contributed by atoms with Crippen LogP contribution in [0.5, 0.6) is 0 Å². The fourth-order valence-corrected chi connectivity index (χ4v) is 1.77. The molecule has 1 heterocycles. The maximum Gasteiger partial charge on any atom is 0.326 e. The molecule has 0 aromatic rings. The first-order valence-corrected chi connectivity index (χ1v) is 4.73. The maximum atomic E-state index is 10.8. The molecule has 0 aromatic heterocycles. The molecule has 5 heteroatoms. The average molecular weight is 202 g/mol. The van der Waals surface area contributed by atoms with Crippen LogP contribution in [0.4, 0.5) is 0 Å². The topological polar surface area (TPSA) is 66.6 Å². The monoisotopic (exact) mass is 202 g/mol. The predicted molar refractivity (Wildman–Crippen MR) is 53.6 cm³/mol. The van der Waals surface area contributed by atoms with Gasteiger partial charge in [-0.2, -0.15) is 0 Å². The molecule has 0 aromatic carbocycles. The fourth-order valence-electron chi connectivity index (χ4n) is 1.55. The van der Waals surface area contributed by atoms with Gasteiger partial charge in [0.15, 0.2) is 0 Å². The van der Waals surface area contributed by atoms with Crippen molar-refractivity contribution < 1.29 is 9.90 Å². The van der Waals surface area contributed by atoms with E-state index in [1.165, 1.54) is 0 Å².